The van der Waals surface area contributed by atoms with Crippen molar-refractivity contribution in [1.82, 2.24) is 10.2 Å². The number of benzene rings is 1. The summed E-state index contributed by atoms with van der Waals surface area (Å²) >= 11 is 0. The Bertz CT molecular complexity index is 448. The summed E-state index contributed by atoms with van der Waals surface area (Å²) in [6, 6.07) is 11.1. The Kier molecular flexibility index (Phi) is 5.87. The molecule has 1 heterocycles. The van der Waals surface area contributed by atoms with Crippen LogP contribution >= 0.6 is 0 Å². The molecule has 0 aliphatic carbocycles. The fraction of sp³-hybridized carbons (Fsp3) is 0.444. The second-order valence-electron chi connectivity index (χ2n) is 5.59. The van der Waals surface area contributed by atoms with Gasteiger partial charge in [-0.05, 0) is 43.9 Å². The smallest absolute Gasteiger partial charge is 0.0354 e. The van der Waals surface area contributed by atoms with E-state index < -0.39 is 0 Å². The Morgan fingerprint density at radius 1 is 1.20 bits per heavy atom. The molecule has 0 saturated heterocycles. The molecule has 2 nitrogen and oxygen atoms in total. The van der Waals surface area contributed by atoms with Gasteiger partial charge in [0.05, 0.1) is 0 Å². The molecule has 1 atom stereocenters. The predicted molar refractivity (Wildman–Crippen MR) is 86.6 cm³/mol. The minimum atomic E-state index is 0.441. The highest BCUT2D eigenvalue weighted by molar-refractivity contribution is 5.21. The van der Waals surface area contributed by atoms with E-state index in [1.165, 1.54) is 30.4 Å². The maximum absolute atomic E-state index is 3.60. The number of hydrogen-bond donors (Lipinski definition) is 1. The average molecular weight is 270 g/mol. The van der Waals surface area contributed by atoms with Crippen LogP contribution in [0.4, 0.5) is 0 Å². The van der Waals surface area contributed by atoms with Crippen LogP contribution in [0.3, 0.4) is 0 Å². The summed E-state index contributed by atoms with van der Waals surface area (Å²) < 4.78 is 0. The van der Waals surface area contributed by atoms with Crippen molar-refractivity contribution in [2.45, 2.75) is 32.2 Å². The van der Waals surface area contributed by atoms with Crippen molar-refractivity contribution in [2.24, 2.45) is 0 Å². The molecule has 2 rings (SSSR count). The minimum absolute atomic E-state index is 0.441. The van der Waals surface area contributed by atoms with Crippen molar-refractivity contribution in [2.75, 3.05) is 20.1 Å². The first kappa shape index (κ1) is 14.9. The second-order valence-corrected chi connectivity index (χ2v) is 5.59. The largest absolute Gasteiger partial charge is 0.376 e. The van der Waals surface area contributed by atoms with Crippen molar-refractivity contribution < 1.29 is 0 Å². The van der Waals surface area contributed by atoms with Gasteiger partial charge in [0, 0.05) is 25.8 Å². The highest BCUT2D eigenvalue weighted by atomic mass is 15.1. The van der Waals surface area contributed by atoms with Gasteiger partial charge in [0.25, 0.3) is 0 Å². The minimum Gasteiger partial charge on any atom is -0.376 e. The van der Waals surface area contributed by atoms with Gasteiger partial charge in [-0.1, -0.05) is 42.5 Å². The molecule has 1 N–H and O–H groups in total. The molecule has 0 unspecified atom stereocenters. The number of unbranched alkanes of at least 4 members (excludes halogenated alkanes) is 1. The molecule has 1 aromatic rings. The lowest BCUT2D eigenvalue weighted by Crippen LogP contribution is -2.19. The third kappa shape index (κ3) is 4.86. The summed E-state index contributed by atoms with van der Waals surface area (Å²) in [6.45, 7) is 4.36. The van der Waals surface area contributed by atoms with E-state index in [9.17, 15) is 0 Å². The molecule has 0 aromatic heterocycles. The van der Waals surface area contributed by atoms with Gasteiger partial charge >= 0.3 is 0 Å². The first-order chi connectivity index (χ1) is 9.75. The molecule has 1 aromatic carbocycles. The Morgan fingerprint density at radius 3 is 2.75 bits per heavy atom. The Labute approximate surface area is 123 Å². The van der Waals surface area contributed by atoms with E-state index in [0.717, 1.165) is 13.1 Å². The van der Waals surface area contributed by atoms with Crippen molar-refractivity contribution in [1.29, 1.82) is 0 Å². The van der Waals surface area contributed by atoms with Gasteiger partial charge in [0.15, 0.2) is 0 Å². The lowest BCUT2D eigenvalue weighted by Gasteiger charge is -2.18. The van der Waals surface area contributed by atoms with Crippen LogP contribution in [0.25, 0.3) is 0 Å². The first-order valence-corrected chi connectivity index (χ1v) is 7.61. The van der Waals surface area contributed by atoms with E-state index in [-0.39, 0.29) is 0 Å². The Morgan fingerprint density at radius 2 is 2.00 bits per heavy atom. The topological polar surface area (TPSA) is 15.3 Å². The fourth-order valence-corrected chi connectivity index (χ4v) is 2.53. The van der Waals surface area contributed by atoms with Crippen LogP contribution in [0, 0.1) is 0 Å². The zero-order chi connectivity index (χ0) is 14.2. The molecular weight excluding hydrogens is 244 g/mol. The quantitative estimate of drug-likeness (QED) is 0.756. The van der Waals surface area contributed by atoms with Gasteiger partial charge in [0.2, 0.25) is 0 Å². The molecule has 2 heteroatoms. The van der Waals surface area contributed by atoms with Crippen molar-refractivity contribution >= 4 is 0 Å². The highest BCUT2D eigenvalue weighted by Crippen LogP contribution is 2.14. The van der Waals surface area contributed by atoms with E-state index in [4.69, 9.17) is 0 Å². The summed E-state index contributed by atoms with van der Waals surface area (Å²) in [5.41, 5.74) is 2.82. The third-order valence-corrected chi connectivity index (χ3v) is 3.75. The zero-order valence-electron chi connectivity index (χ0n) is 12.7. The van der Waals surface area contributed by atoms with Gasteiger partial charge in [0.1, 0.15) is 0 Å². The maximum Gasteiger partial charge on any atom is 0.0354 e. The average Bonchev–Trinajstić information content (AvgIpc) is 2.48. The summed E-state index contributed by atoms with van der Waals surface area (Å²) in [5.74, 6) is 0. The molecule has 0 radical (unpaired) electrons. The predicted octanol–water partition coefficient (Wildman–Crippen LogP) is 3.89. The molecule has 0 fully saturated rings. The standard InChI is InChI=1S/C18H26N2/c1-16(18-11-4-3-5-12-18)19-13-7-6-9-17-10-8-14-20(2)15-17/h3-5,8,10-12,15-16,19H,6-7,9,13-14H2,1-2H3/t16-/m1/s1. The van der Waals surface area contributed by atoms with E-state index in [1.54, 1.807) is 0 Å². The SMILES string of the molecule is C[C@@H](NCCCCC1=CN(C)CC=C1)c1ccccc1. The molecule has 0 amide bonds. The number of likely N-dealkylation sites (N-methyl/N-ethyl adjacent to an activating group) is 1. The van der Waals surface area contributed by atoms with Crippen LogP contribution in [-0.4, -0.2) is 25.0 Å². The molecule has 0 saturated carbocycles. The fourth-order valence-electron chi connectivity index (χ4n) is 2.53. The van der Waals surface area contributed by atoms with E-state index >= 15 is 0 Å². The molecular formula is C18H26N2. The van der Waals surface area contributed by atoms with Gasteiger partial charge < -0.3 is 10.2 Å². The molecule has 1 aliphatic rings. The summed E-state index contributed by atoms with van der Waals surface area (Å²) in [6.07, 6.45) is 10.4. The van der Waals surface area contributed by atoms with Crippen molar-refractivity contribution in [3.63, 3.8) is 0 Å². The molecule has 0 spiro atoms. The number of allylic oxidation sites excluding steroid dienone is 2. The van der Waals surface area contributed by atoms with Crippen LogP contribution in [0.1, 0.15) is 37.8 Å². The second kappa shape index (κ2) is 7.91. The van der Waals surface area contributed by atoms with Gasteiger partial charge in [-0.15, -0.1) is 0 Å². The Balaban J connectivity index is 1.61. The monoisotopic (exact) mass is 270 g/mol. The van der Waals surface area contributed by atoms with Crippen LogP contribution in [0.15, 0.2) is 54.3 Å². The van der Waals surface area contributed by atoms with Gasteiger partial charge in [-0.2, -0.15) is 0 Å². The van der Waals surface area contributed by atoms with Crippen molar-refractivity contribution in [3.8, 4) is 0 Å². The van der Waals surface area contributed by atoms with E-state index in [1.807, 2.05) is 0 Å². The van der Waals surface area contributed by atoms with E-state index in [2.05, 4.69) is 72.9 Å². The molecule has 108 valence electrons. The van der Waals surface area contributed by atoms with Gasteiger partial charge in [-0.3, -0.25) is 0 Å². The Hall–Kier alpha value is -1.54. The number of rotatable bonds is 7. The molecule has 0 bridgehead atoms. The normalized spacial score (nSPS) is 16.1. The van der Waals surface area contributed by atoms with Crippen LogP contribution in [-0.2, 0) is 0 Å². The van der Waals surface area contributed by atoms with Gasteiger partial charge in [-0.25, -0.2) is 0 Å². The third-order valence-electron chi connectivity index (χ3n) is 3.75. The highest BCUT2D eigenvalue weighted by Gasteiger charge is 2.04. The number of nitrogens with zero attached hydrogens (tertiary/aromatic N) is 1. The maximum atomic E-state index is 3.60. The summed E-state index contributed by atoms with van der Waals surface area (Å²) in [5, 5.41) is 3.60. The lowest BCUT2D eigenvalue weighted by molar-refractivity contribution is 0.494. The first-order valence-electron chi connectivity index (χ1n) is 7.61. The lowest BCUT2D eigenvalue weighted by atomic mass is 10.1. The molecule has 20 heavy (non-hydrogen) atoms. The van der Waals surface area contributed by atoms with Crippen LogP contribution in [0.5, 0.6) is 0 Å². The summed E-state index contributed by atoms with van der Waals surface area (Å²) in [4.78, 5) is 2.24. The zero-order valence-corrected chi connectivity index (χ0v) is 12.7. The van der Waals surface area contributed by atoms with E-state index in [0.29, 0.717) is 6.04 Å². The van der Waals surface area contributed by atoms with Crippen LogP contribution < -0.4 is 5.32 Å². The number of nitrogens with one attached hydrogen (secondary N) is 1. The molecule has 1 aliphatic heterocycles. The van der Waals surface area contributed by atoms with Crippen LogP contribution in [0.2, 0.25) is 0 Å². The van der Waals surface area contributed by atoms with Crippen molar-refractivity contribution in [3.05, 3.63) is 59.8 Å². The summed E-state index contributed by atoms with van der Waals surface area (Å²) in [7, 11) is 2.13. The number of hydrogen-bond acceptors (Lipinski definition) is 2.